The van der Waals surface area contributed by atoms with Crippen molar-refractivity contribution < 1.29 is 4.79 Å². The van der Waals surface area contributed by atoms with E-state index in [9.17, 15) is 4.79 Å². The van der Waals surface area contributed by atoms with Crippen molar-refractivity contribution >= 4 is 17.5 Å². The Bertz CT molecular complexity index is 134. The third kappa shape index (κ3) is 3.28. The second kappa shape index (κ2) is 4.81. The van der Waals surface area contributed by atoms with Gasteiger partial charge in [0.25, 0.3) is 0 Å². The van der Waals surface area contributed by atoms with Crippen LogP contribution in [0.5, 0.6) is 0 Å². The van der Waals surface area contributed by atoms with Crippen LogP contribution in [0.1, 0.15) is 32.1 Å². The molecular formula is C9H16OS. The maximum Gasteiger partial charge on any atom is 0.133 e. The van der Waals surface area contributed by atoms with Crippen LogP contribution in [-0.2, 0) is 4.79 Å². The topological polar surface area (TPSA) is 17.1 Å². The Hall–Kier alpha value is 0.0200. The van der Waals surface area contributed by atoms with Gasteiger partial charge >= 0.3 is 0 Å². The van der Waals surface area contributed by atoms with Crippen LogP contribution in [-0.4, -0.2) is 17.8 Å². The first kappa shape index (κ1) is 9.11. The summed E-state index contributed by atoms with van der Waals surface area (Å²) in [6.07, 6.45) is 7.50. The summed E-state index contributed by atoms with van der Waals surface area (Å²) in [5, 5.41) is 0. The molecule has 1 aliphatic carbocycles. The number of ketones is 1. The van der Waals surface area contributed by atoms with Gasteiger partial charge in [-0.2, -0.15) is 11.8 Å². The highest BCUT2D eigenvalue weighted by atomic mass is 32.2. The molecule has 0 radical (unpaired) electrons. The molecule has 0 amide bonds. The Morgan fingerprint density at radius 3 is 3.09 bits per heavy atom. The molecule has 1 aliphatic rings. The molecule has 1 fully saturated rings. The van der Waals surface area contributed by atoms with Crippen molar-refractivity contribution in [2.24, 2.45) is 5.92 Å². The first-order valence-corrected chi connectivity index (χ1v) is 5.73. The summed E-state index contributed by atoms with van der Waals surface area (Å²) in [6.45, 7) is 0. The van der Waals surface area contributed by atoms with Gasteiger partial charge in [-0.1, -0.05) is 0 Å². The quantitative estimate of drug-likeness (QED) is 0.650. The zero-order valence-electron chi connectivity index (χ0n) is 7.14. The molecule has 0 saturated heterocycles. The average Bonchev–Trinajstić information content (AvgIpc) is 2.01. The average molecular weight is 172 g/mol. The van der Waals surface area contributed by atoms with Crippen LogP contribution >= 0.6 is 11.8 Å². The maximum absolute atomic E-state index is 11.0. The van der Waals surface area contributed by atoms with Gasteiger partial charge in [0.1, 0.15) is 5.78 Å². The highest BCUT2D eigenvalue weighted by Crippen LogP contribution is 2.24. The van der Waals surface area contributed by atoms with Gasteiger partial charge in [0.15, 0.2) is 0 Å². The van der Waals surface area contributed by atoms with Crippen LogP contribution in [0, 0.1) is 5.92 Å². The maximum atomic E-state index is 11.0. The number of rotatable bonds is 3. The second-order valence-corrected chi connectivity index (χ2v) is 4.27. The van der Waals surface area contributed by atoms with E-state index in [-0.39, 0.29) is 0 Å². The number of hydrogen-bond donors (Lipinski definition) is 0. The van der Waals surface area contributed by atoms with Crippen LogP contribution in [0.3, 0.4) is 0 Å². The fraction of sp³-hybridized carbons (Fsp3) is 0.889. The lowest BCUT2D eigenvalue weighted by molar-refractivity contribution is -0.121. The summed E-state index contributed by atoms with van der Waals surface area (Å²) in [5.41, 5.74) is 0. The second-order valence-electron chi connectivity index (χ2n) is 3.28. The summed E-state index contributed by atoms with van der Waals surface area (Å²) in [7, 11) is 0. The van der Waals surface area contributed by atoms with Gasteiger partial charge < -0.3 is 0 Å². The number of carbonyl (C=O) groups excluding carboxylic acids is 1. The number of thioether (sulfide) groups is 1. The zero-order valence-corrected chi connectivity index (χ0v) is 7.95. The fourth-order valence-corrected chi connectivity index (χ4v) is 2.21. The van der Waals surface area contributed by atoms with Crippen LogP contribution in [0.2, 0.25) is 0 Å². The predicted octanol–water partition coefficient (Wildman–Crippen LogP) is 2.50. The third-order valence-corrected chi connectivity index (χ3v) is 2.96. The molecule has 1 nitrogen and oxygen atoms in total. The molecule has 2 heteroatoms. The van der Waals surface area contributed by atoms with E-state index in [1.807, 2.05) is 11.8 Å². The van der Waals surface area contributed by atoms with E-state index in [1.165, 1.54) is 18.6 Å². The summed E-state index contributed by atoms with van der Waals surface area (Å²) in [4.78, 5) is 11.0. The van der Waals surface area contributed by atoms with Gasteiger partial charge in [-0.25, -0.2) is 0 Å². The lowest BCUT2D eigenvalue weighted by atomic mass is 9.87. The van der Waals surface area contributed by atoms with Gasteiger partial charge in [-0.3, -0.25) is 4.79 Å². The predicted molar refractivity (Wildman–Crippen MR) is 50.0 cm³/mol. The lowest BCUT2D eigenvalue weighted by Crippen LogP contribution is -2.15. The summed E-state index contributed by atoms with van der Waals surface area (Å²) in [6, 6.07) is 0. The van der Waals surface area contributed by atoms with Crippen molar-refractivity contribution in [3.63, 3.8) is 0 Å². The molecule has 11 heavy (non-hydrogen) atoms. The van der Waals surface area contributed by atoms with Crippen LogP contribution in [0.4, 0.5) is 0 Å². The van der Waals surface area contributed by atoms with E-state index in [1.54, 1.807) is 0 Å². The largest absolute Gasteiger partial charge is 0.300 e. The van der Waals surface area contributed by atoms with Gasteiger partial charge in [-0.15, -0.1) is 0 Å². The number of carbonyl (C=O) groups is 1. The summed E-state index contributed by atoms with van der Waals surface area (Å²) >= 11 is 1.89. The van der Waals surface area contributed by atoms with Crippen molar-refractivity contribution in [2.75, 3.05) is 12.0 Å². The van der Waals surface area contributed by atoms with Gasteiger partial charge in [0, 0.05) is 12.8 Å². The standard InChI is InChI=1S/C9H16OS/c1-11-6-5-8-3-2-4-9(10)7-8/h8H,2-7H2,1H3. The molecular weight excluding hydrogens is 156 g/mol. The van der Waals surface area contributed by atoms with Gasteiger partial charge in [0.05, 0.1) is 0 Å². The summed E-state index contributed by atoms with van der Waals surface area (Å²) in [5.74, 6) is 2.42. The van der Waals surface area contributed by atoms with Crippen LogP contribution in [0.15, 0.2) is 0 Å². The monoisotopic (exact) mass is 172 g/mol. The first-order valence-electron chi connectivity index (χ1n) is 4.33. The molecule has 1 saturated carbocycles. The molecule has 0 aliphatic heterocycles. The molecule has 0 spiro atoms. The van der Waals surface area contributed by atoms with E-state index in [0.29, 0.717) is 11.7 Å². The Morgan fingerprint density at radius 2 is 2.45 bits per heavy atom. The summed E-state index contributed by atoms with van der Waals surface area (Å²) < 4.78 is 0. The number of Topliss-reactive ketones (excluding diaryl/α,β-unsaturated/α-hetero) is 1. The Morgan fingerprint density at radius 1 is 1.64 bits per heavy atom. The van der Waals surface area contributed by atoms with E-state index in [2.05, 4.69) is 6.26 Å². The van der Waals surface area contributed by atoms with Crippen molar-refractivity contribution in [3.8, 4) is 0 Å². The normalized spacial score (nSPS) is 25.5. The van der Waals surface area contributed by atoms with E-state index < -0.39 is 0 Å². The molecule has 0 aromatic carbocycles. The third-order valence-electron chi connectivity index (χ3n) is 2.31. The lowest BCUT2D eigenvalue weighted by Gasteiger charge is -2.19. The molecule has 0 heterocycles. The van der Waals surface area contributed by atoms with Crippen molar-refractivity contribution in [1.29, 1.82) is 0 Å². The zero-order chi connectivity index (χ0) is 8.10. The molecule has 1 unspecified atom stereocenters. The first-order chi connectivity index (χ1) is 5.33. The highest BCUT2D eigenvalue weighted by molar-refractivity contribution is 7.98. The Balaban J connectivity index is 2.17. The highest BCUT2D eigenvalue weighted by Gasteiger charge is 2.18. The van der Waals surface area contributed by atoms with Gasteiger partial charge in [-0.05, 0) is 37.2 Å². The molecule has 0 N–H and O–H groups in total. The Labute approximate surface area is 72.9 Å². The minimum Gasteiger partial charge on any atom is -0.300 e. The van der Waals surface area contributed by atoms with Crippen molar-refractivity contribution in [2.45, 2.75) is 32.1 Å². The number of hydrogen-bond acceptors (Lipinski definition) is 2. The van der Waals surface area contributed by atoms with E-state index in [0.717, 1.165) is 19.3 Å². The van der Waals surface area contributed by atoms with Crippen molar-refractivity contribution in [1.82, 2.24) is 0 Å². The van der Waals surface area contributed by atoms with E-state index >= 15 is 0 Å². The molecule has 0 aromatic heterocycles. The molecule has 0 bridgehead atoms. The molecule has 0 aromatic rings. The minimum atomic E-state index is 0.488. The smallest absolute Gasteiger partial charge is 0.133 e. The SMILES string of the molecule is CSCCC1CCCC(=O)C1. The van der Waals surface area contributed by atoms with Crippen LogP contribution < -0.4 is 0 Å². The molecule has 1 rings (SSSR count). The fourth-order valence-electron chi connectivity index (χ4n) is 1.64. The van der Waals surface area contributed by atoms with Crippen molar-refractivity contribution in [3.05, 3.63) is 0 Å². The Kier molecular flexibility index (Phi) is 3.98. The minimum absolute atomic E-state index is 0.488. The van der Waals surface area contributed by atoms with Gasteiger partial charge in [0.2, 0.25) is 0 Å². The van der Waals surface area contributed by atoms with Crippen LogP contribution in [0.25, 0.3) is 0 Å². The molecule has 1 atom stereocenters. The molecule has 64 valence electrons. The van der Waals surface area contributed by atoms with E-state index in [4.69, 9.17) is 0 Å².